The molecule has 1 aromatic carbocycles. The number of carboxylic acid groups (broad SMARTS) is 1. The lowest BCUT2D eigenvalue weighted by molar-refractivity contribution is -0.137. The highest BCUT2D eigenvalue weighted by Gasteiger charge is 2.12. The van der Waals surface area contributed by atoms with Gasteiger partial charge in [-0.2, -0.15) is 0 Å². The molecule has 0 radical (unpaired) electrons. The minimum atomic E-state index is -0.887. The molecule has 1 amide bonds. The predicted octanol–water partition coefficient (Wildman–Crippen LogP) is 2.73. The predicted molar refractivity (Wildman–Crippen MR) is 79.5 cm³/mol. The smallest absolute Gasteiger partial charge is 0.304 e. The Morgan fingerprint density at radius 2 is 2.05 bits per heavy atom. The van der Waals surface area contributed by atoms with Crippen molar-refractivity contribution in [3.8, 4) is 0 Å². The van der Waals surface area contributed by atoms with E-state index in [1.54, 1.807) is 23.1 Å². The van der Waals surface area contributed by atoms with Crippen LogP contribution < -0.4 is 5.32 Å². The zero-order valence-corrected chi connectivity index (χ0v) is 12.5. The first-order valence-electron chi connectivity index (χ1n) is 6.12. The third-order valence-electron chi connectivity index (χ3n) is 2.68. The number of nitrogens with zero attached hydrogens (tertiary/aromatic N) is 1. The zero-order chi connectivity index (χ0) is 15.1. The van der Waals surface area contributed by atoms with Crippen molar-refractivity contribution in [1.29, 1.82) is 0 Å². The Labute approximate surface area is 127 Å². The summed E-state index contributed by atoms with van der Waals surface area (Å²) in [6.45, 7) is 2.88. The van der Waals surface area contributed by atoms with Crippen molar-refractivity contribution in [1.82, 2.24) is 4.90 Å². The first-order valence-corrected chi connectivity index (χ1v) is 6.87. The number of benzene rings is 1. The number of likely N-dealkylation sites (N-methyl/N-ethyl adjacent to an activating group) is 1. The summed E-state index contributed by atoms with van der Waals surface area (Å²) >= 11 is 11.8. The molecule has 0 fully saturated rings. The highest BCUT2D eigenvalue weighted by Crippen LogP contribution is 2.29. The van der Waals surface area contributed by atoms with Crippen molar-refractivity contribution in [3.05, 3.63) is 28.2 Å². The van der Waals surface area contributed by atoms with Gasteiger partial charge in [0.1, 0.15) is 0 Å². The standard InChI is InChI=1S/C13H16Cl2N2O3/c1-2-17(7-6-12(19)20)8-11(18)16-10-5-3-4-9(14)13(10)15/h3-5H,2,6-8H2,1H3,(H,16,18)(H,19,20). The molecule has 110 valence electrons. The average Bonchev–Trinajstić information content (AvgIpc) is 2.39. The average molecular weight is 319 g/mol. The number of carbonyl (C=O) groups is 2. The first kappa shape index (κ1) is 16.8. The molecule has 5 nitrogen and oxygen atoms in total. The summed E-state index contributed by atoms with van der Waals surface area (Å²) in [7, 11) is 0. The van der Waals surface area contributed by atoms with Gasteiger partial charge in [0.2, 0.25) is 5.91 Å². The lowest BCUT2D eigenvalue weighted by Gasteiger charge is -2.19. The van der Waals surface area contributed by atoms with Gasteiger partial charge < -0.3 is 10.4 Å². The molecular weight excluding hydrogens is 303 g/mol. The third kappa shape index (κ3) is 5.36. The molecule has 0 unspecified atom stereocenters. The normalized spacial score (nSPS) is 10.6. The number of halogens is 2. The molecule has 0 saturated heterocycles. The molecule has 1 aromatic rings. The van der Waals surface area contributed by atoms with Gasteiger partial charge in [0.05, 0.1) is 28.7 Å². The Bertz CT molecular complexity index is 495. The van der Waals surface area contributed by atoms with E-state index in [2.05, 4.69) is 5.32 Å². The third-order valence-corrected chi connectivity index (χ3v) is 3.50. The van der Waals surface area contributed by atoms with Crippen LogP contribution in [0.15, 0.2) is 18.2 Å². The van der Waals surface area contributed by atoms with Crippen LogP contribution in [0.5, 0.6) is 0 Å². The van der Waals surface area contributed by atoms with Crippen molar-refractivity contribution in [3.63, 3.8) is 0 Å². The van der Waals surface area contributed by atoms with Crippen LogP contribution in [0.2, 0.25) is 10.0 Å². The minimum absolute atomic E-state index is 0.000951. The molecule has 0 saturated carbocycles. The quantitative estimate of drug-likeness (QED) is 0.811. The molecule has 0 aliphatic carbocycles. The Balaban J connectivity index is 2.57. The molecule has 1 rings (SSSR count). The van der Waals surface area contributed by atoms with Crippen molar-refractivity contribution in [2.24, 2.45) is 0 Å². The van der Waals surface area contributed by atoms with E-state index in [9.17, 15) is 9.59 Å². The molecule has 20 heavy (non-hydrogen) atoms. The van der Waals surface area contributed by atoms with Crippen LogP contribution >= 0.6 is 23.2 Å². The van der Waals surface area contributed by atoms with E-state index in [-0.39, 0.29) is 23.9 Å². The Hall–Kier alpha value is -1.30. The number of hydrogen-bond donors (Lipinski definition) is 2. The van der Waals surface area contributed by atoms with E-state index in [0.29, 0.717) is 23.8 Å². The number of carboxylic acids is 1. The number of amides is 1. The SMILES string of the molecule is CCN(CCC(=O)O)CC(=O)Nc1cccc(Cl)c1Cl. The summed E-state index contributed by atoms with van der Waals surface area (Å²) < 4.78 is 0. The molecular formula is C13H16Cl2N2O3. The fourth-order valence-corrected chi connectivity index (χ4v) is 1.94. The van der Waals surface area contributed by atoms with Gasteiger partial charge >= 0.3 is 5.97 Å². The van der Waals surface area contributed by atoms with E-state index in [1.807, 2.05) is 6.92 Å². The number of nitrogens with one attached hydrogen (secondary N) is 1. The van der Waals surface area contributed by atoms with Crippen molar-refractivity contribution in [2.45, 2.75) is 13.3 Å². The fourth-order valence-electron chi connectivity index (χ4n) is 1.60. The lowest BCUT2D eigenvalue weighted by Crippen LogP contribution is -2.34. The highest BCUT2D eigenvalue weighted by molar-refractivity contribution is 6.43. The number of aliphatic carboxylic acids is 1. The van der Waals surface area contributed by atoms with Crippen LogP contribution in [0.25, 0.3) is 0 Å². The summed E-state index contributed by atoms with van der Waals surface area (Å²) in [5.41, 5.74) is 0.443. The van der Waals surface area contributed by atoms with Crippen molar-refractivity contribution < 1.29 is 14.7 Å². The van der Waals surface area contributed by atoms with Gasteiger partial charge in [-0.1, -0.05) is 36.2 Å². The van der Waals surface area contributed by atoms with Gasteiger partial charge in [-0.05, 0) is 18.7 Å². The molecule has 0 aliphatic heterocycles. The van der Waals surface area contributed by atoms with E-state index >= 15 is 0 Å². The van der Waals surface area contributed by atoms with Crippen LogP contribution in [0.4, 0.5) is 5.69 Å². The van der Waals surface area contributed by atoms with E-state index in [4.69, 9.17) is 28.3 Å². The maximum absolute atomic E-state index is 11.9. The summed E-state index contributed by atoms with van der Waals surface area (Å²) in [5, 5.41) is 11.9. The second-order valence-electron chi connectivity index (χ2n) is 4.16. The van der Waals surface area contributed by atoms with Gasteiger partial charge in [0.25, 0.3) is 0 Å². The minimum Gasteiger partial charge on any atom is -0.481 e. The maximum atomic E-state index is 11.9. The molecule has 0 atom stereocenters. The van der Waals surface area contributed by atoms with Gasteiger partial charge in [-0.15, -0.1) is 0 Å². The molecule has 0 bridgehead atoms. The van der Waals surface area contributed by atoms with E-state index < -0.39 is 5.97 Å². The molecule has 0 spiro atoms. The second kappa shape index (κ2) is 8.09. The summed E-state index contributed by atoms with van der Waals surface area (Å²) in [6, 6.07) is 4.97. The first-order chi connectivity index (χ1) is 9.43. The topological polar surface area (TPSA) is 69.6 Å². The summed E-state index contributed by atoms with van der Waals surface area (Å²) in [6.07, 6.45) is -0.000951. The lowest BCUT2D eigenvalue weighted by atomic mass is 10.3. The van der Waals surface area contributed by atoms with Gasteiger partial charge in [0.15, 0.2) is 0 Å². The number of rotatable bonds is 7. The van der Waals surface area contributed by atoms with Gasteiger partial charge in [-0.25, -0.2) is 0 Å². The largest absolute Gasteiger partial charge is 0.481 e. The maximum Gasteiger partial charge on any atom is 0.304 e. The number of carbonyl (C=O) groups excluding carboxylic acids is 1. The van der Waals surface area contributed by atoms with Crippen molar-refractivity contribution in [2.75, 3.05) is 25.0 Å². The Morgan fingerprint density at radius 3 is 2.65 bits per heavy atom. The van der Waals surface area contributed by atoms with Crippen LogP contribution in [0.1, 0.15) is 13.3 Å². The monoisotopic (exact) mass is 318 g/mol. The van der Waals surface area contributed by atoms with Crippen molar-refractivity contribution >= 4 is 40.8 Å². The second-order valence-corrected chi connectivity index (χ2v) is 4.95. The molecule has 0 aliphatic rings. The van der Waals surface area contributed by atoms with Crippen LogP contribution in [0.3, 0.4) is 0 Å². The van der Waals surface area contributed by atoms with Crippen LogP contribution in [-0.4, -0.2) is 41.5 Å². The number of hydrogen-bond acceptors (Lipinski definition) is 3. The van der Waals surface area contributed by atoms with Gasteiger partial charge in [-0.3, -0.25) is 14.5 Å². The van der Waals surface area contributed by atoms with Crippen LogP contribution in [-0.2, 0) is 9.59 Å². The molecule has 2 N–H and O–H groups in total. The fraction of sp³-hybridized carbons (Fsp3) is 0.385. The zero-order valence-electron chi connectivity index (χ0n) is 11.0. The summed E-state index contributed by atoms with van der Waals surface area (Å²) in [4.78, 5) is 24.1. The summed E-state index contributed by atoms with van der Waals surface area (Å²) in [5.74, 6) is -1.15. The highest BCUT2D eigenvalue weighted by atomic mass is 35.5. The van der Waals surface area contributed by atoms with Gasteiger partial charge in [0, 0.05) is 6.54 Å². The van der Waals surface area contributed by atoms with E-state index in [0.717, 1.165) is 0 Å². The van der Waals surface area contributed by atoms with E-state index in [1.165, 1.54) is 0 Å². The Morgan fingerprint density at radius 1 is 1.35 bits per heavy atom. The molecule has 0 aromatic heterocycles. The number of anilines is 1. The Kier molecular flexibility index (Phi) is 6.78. The molecule has 0 heterocycles. The molecule has 7 heteroatoms. The van der Waals surface area contributed by atoms with Crippen LogP contribution in [0, 0.1) is 0 Å².